The number of aromatic nitrogens is 4. The molecule has 1 amide bonds. The van der Waals surface area contributed by atoms with Crippen LogP contribution in [0.1, 0.15) is 38.5 Å². The van der Waals surface area contributed by atoms with Gasteiger partial charge in [0.1, 0.15) is 18.5 Å². The Hall–Kier alpha value is -2.71. The normalized spacial score (nSPS) is 18.8. The van der Waals surface area contributed by atoms with Crippen LogP contribution in [0.25, 0.3) is 0 Å². The van der Waals surface area contributed by atoms with E-state index in [2.05, 4.69) is 25.4 Å². The summed E-state index contributed by atoms with van der Waals surface area (Å²) in [5.74, 6) is 2.14. The van der Waals surface area contributed by atoms with Crippen molar-refractivity contribution < 1.29 is 14.1 Å². The van der Waals surface area contributed by atoms with Gasteiger partial charge < -0.3 is 14.6 Å². The molecule has 9 nitrogen and oxygen atoms in total. The van der Waals surface area contributed by atoms with E-state index in [9.17, 15) is 4.79 Å². The van der Waals surface area contributed by atoms with E-state index in [1.54, 1.807) is 24.1 Å². The zero-order chi connectivity index (χ0) is 17.3. The minimum absolute atomic E-state index is 0.0451. The molecule has 1 aliphatic heterocycles. The number of hydrogen-bond acceptors (Lipinski definition) is 8. The molecule has 2 atom stereocenters. The molecule has 3 heterocycles. The van der Waals surface area contributed by atoms with Crippen LogP contribution in [0.3, 0.4) is 0 Å². The van der Waals surface area contributed by atoms with Crippen molar-refractivity contribution in [1.29, 1.82) is 0 Å². The van der Waals surface area contributed by atoms with Gasteiger partial charge in [0.05, 0.1) is 6.04 Å². The number of anilines is 2. The summed E-state index contributed by atoms with van der Waals surface area (Å²) in [6.45, 7) is 8.06. The van der Waals surface area contributed by atoms with Crippen molar-refractivity contribution in [3.63, 3.8) is 0 Å². The van der Waals surface area contributed by atoms with Gasteiger partial charge in [-0.1, -0.05) is 19.0 Å². The first kappa shape index (κ1) is 16.2. The zero-order valence-electron chi connectivity index (χ0n) is 14.1. The summed E-state index contributed by atoms with van der Waals surface area (Å²) in [7, 11) is 0. The molecule has 0 radical (unpaired) electrons. The number of aryl methyl sites for hydroxylation is 1. The fourth-order valence-corrected chi connectivity index (χ4v) is 2.49. The fourth-order valence-electron chi connectivity index (χ4n) is 2.49. The molecular weight excluding hydrogens is 312 g/mol. The molecule has 0 aromatic carbocycles. The van der Waals surface area contributed by atoms with E-state index in [4.69, 9.17) is 9.26 Å². The van der Waals surface area contributed by atoms with Crippen molar-refractivity contribution in [2.75, 3.05) is 16.8 Å². The lowest BCUT2D eigenvalue weighted by Gasteiger charge is -2.23. The van der Waals surface area contributed by atoms with E-state index in [-0.39, 0.29) is 24.1 Å². The van der Waals surface area contributed by atoms with Gasteiger partial charge in [0.15, 0.2) is 5.82 Å². The van der Waals surface area contributed by atoms with Gasteiger partial charge in [-0.3, -0.25) is 4.90 Å². The molecule has 2 aromatic rings. The number of cyclic esters (lactones) is 1. The number of nitrogens with one attached hydrogen (secondary N) is 1. The number of nitrogens with zero attached hydrogens (tertiary/aromatic N) is 5. The van der Waals surface area contributed by atoms with Crippen LogP contribution >= 0.6 is 0 Å². The van der Waals surface area contributed by atoms with Crippen LogP contribution in [0.5, 0.6) is 0 Å². The summed E-state index contributed by atoms with van der Waals surface area (Å²) < 4.78 is 10.3. The minimum atomic E-state index is -0.390. The van der Waals surface area contributed by atoms with E-state index in [0.717, 1.165) is 0 Å². The minimum Gasteiger partial charge on any atom is -0.447 e. The molecule has 1 fully saturated rings. The highest BCUT2D eigenvalue weighted by molar-refractivity contribution is 5.89. The first-order valence-electron chi connectivity index (χ1n) is 7.81. The number of carbonyl (C=O) groups is 1. The maximum Gasteiger partial charge on any atom is 0.415 e. The Morgan fingerprint density at radius 3 is 2.79 bits per heavy atom. The zero-order valence-corrected chi connectivity index (χ0v) is 14.1. The van der Waals surface area contributed by atoms with Crippen molar-refractivity contribution in [1.82, 2.24) is 20.1 Å². The molecule has 1 N–H and O–H groups in total. The average molecular weight is 332 g/mol. The quantitative estimate of drug-likeness (QED) is 0.889. The Balaban J connectivity index is 1.80. The number of rotatable bonds is 5. The average Bonchev–Trinajstić information content (AvgIpc) is 3.13. The smallest absolute Gasteiger partial charge is 0.415 e. The second kappa shape index (κ2) is 6.42. The predicted molar refractivity (Wildman–Crippen MR) is 85.6 cm³/mol. The lowest BCUT2D eigenvalue weighted by molar-refractivity contribution is 0.177. The Kier molecular flexibility index (Phi) is 4.32. The van der Waals surface area contributed by atoms with Crippen LogP contribution in [0.15, 0.2) is 16.8 Å². The van der Waals surface area contributed by atoms with Crippen LogP contribution < -0.4 is 10.2 Å². The molecule has 0 saturated carbocycles. The summed E-state index contributed by atoms with van der Waals surface area (Å²) >= 11 is 0. The largest absolute Gasteiger partial charge is 0.447 e. The number of carbonyl (C=O) groups excluding carboxylic acids is 1. The SMILES string of the molecule is Cc1noc([C@H](C)Nc2nccc(N3C(=O)OC[C@@H]3C(C)C)n2)n1. The van der Waals surface area contributed by atoms with Crippen molar-refractivity contribution in [3.05, 3.63) is 24.0 Å². The van der Waals surface area contributed by atoms with Gasteiger partial charge in [0, 0.05) is 6.20 Å². The molecule has 0 spiro atoms. The Labute approximate surface area is 139 Å². The van der Waals surface area contributed by atoms with Crippen molar-refractivity contribution in [2.45, 2.75) is 39.8 Å². The molecular formula is C15H20N6O3. The van der Waals surface area contributed by atoms with Crippen LogP contribution in [0.2, 0.25) is 0 Å². The third-order valence-electron chi connectivity index (χ3n) is 3.82. The van der Waals surface area contributed by atoms with Gasteiger partial charge in [-0.05, 0) is 25.8 Å². The number of ether oxygens (including phenoxy) is 1. The highest BCUT2D eigenvalue weighted by Gasteiger charge is 2.37. The standard InChI is InChI=1S/C15H20N6O3/c1-8(2)11-7-23-15(22)21(11)12-5-6-16-14(19-12)17-9(3)13-18-10(4)20-24-13/h5-6,8-9,11H,7H2,1-4H3,(H,16,17,19)/t9-,11+/m0/s1. The van der Waals surface area contributed by atoms with Crippen LogP contribution in [-0.2, 0) is 4.74 Å². The monoisotopic (exact) mass is 332 g/mol. The third kappa shape index (κ3) is 3.15. The molecule has 1 saturated heterocycles. The lowest BCUT2D eigenvalue weighted by Crippen LogP contribution is -2.37. The number of amides is 1. The van der Waals surface area contributed by atoms with Crippen LogP contribution in [-0.4, -0.2) is 38.9 Å². The van der Waals surface area contributed by atoms with Crippen molar-refractivity contribution in [2.24, 2.45) is 5.92 Å². The van der Waals surface area contributed by atoms with Crippen molar-refractivity contribution >= 4 is 17.9 Å². The summed E-state index contributed by atoms with van der Waals surface area (Å²) in [5, 5.41) is 6.86. The van der Waals surface area contributed by atoms with Crippen LogP contribution in [0, 0.1) is 12.8 Å². The van der Waals surface area contributed by atoms with E-state index in [1.807, 2.05) is 20.8 Å². The highest BCUT2D eigenvalue weighted by atomic mass is 16.6. The molecule has 1 aliphatic rings. The lowest BCUT2D eigenvalue weighted by atomic mass is 10.0. The number of hydrogen-bond donors (Lipinski definition) is 1. The molecule has 9 heteroatoms. The first-order chi connectivity index (χ1) is 11.5. The Morgan fingerprint density at radius 1 is 1.33 bits per heavy atom. The molecule has 0 bridgehead atoms. The van der Waals surface area contributed by atoms with E-state index < -0.39 is 0 Å². The van der Waals surface area contributed by atoms with Gasteiger partial charge >= 0.3 is 6.09 Å². The summed E-state index contributed by atoms with van der Waals surface area (Å²) in [5.41, 5.74) is 0. The molecule has 0 unspecified atom stereocenters. The van der Waals surface area contributed by atoms with Gasteiger partial charge in [-0.15, -0.1) is 0 Å². The topological polar surface area (TPSA) is 106 Å². The molecule has 128 valence electrons. The molecule has 24 heavy (non-hydrogen) atoms. The summed E-state index contributed by atoms with van der Waals surface area (Å²) in [6.07, 6.45) is 1.21. The Morgan fingerprint density at radius 2 is 2.12 bits per heavy atom. The van der Waals surface area contributed by atoms with E-state index in [0.29, 0.717) is 30.1 Å². The van der Waals surface area contributed by atoms with Crippen LogP contribution in [0.4, 0.5) is 16.6 Å². The van der Waals surface area contributed by atoms with Gasteiger partial charge in [-0.2, -0.15) is 9.97 Å². The summed E-state index contributed by atoms with van der Waals surface area (Å²) in [6, 6.07) is 1.39. The second-order valence-electron chi connectivity index (χ2n) is 6.04. The third-order valence-corrected chi connectivity index (χ3v) is 3.82. The molecule has 3 rings (SSSR count). The molecule has 0 aliphatic carbocycles. The highest BCUT2D eigenvalue weighted by Crippen LogP contribution is 2.26. The predicted octanol–water partition coefficient (Wildman–Crippen LogP) is 2.32. The second-order valence-corrected chi connectivity index (χ2v) is 6.04. The maximum atomic E-state index is 12.0. The fraction of sp³-hybridized carbons (Fsp3) is 0.533. The van der Waals surface area contributed by atoms with E-state index >= 15 is 0 Å². The first-order valence-corrected chi connectivity index (χ1v) is 7.81. The maximum absolute atomic E-state index is 12.0. The molecule has 2 aromatic heterocycles. The van der Waals surface area contributed by atoms with E-state index in [1.165, 1.54) is 0 Å². The van der Waals surface area contributed by atoms with Crippen molar-refractivity contribution in [3.8, 4) is 0 Å². The summed E-state index contributed by atoms with van der Waals surface area (Å²) in [4.78, 5) is 26.4. The van der Waals surface area contributed by atoms with Gasteiger partial charge in [0.2, 0.25) is 11.8 Å². The van der Waals surface area contributed by atoms with Gasteiger partial charge in [0.25, 0.3) is 0 Å². The Bertz CT molecular complexity index is 732. The van der Waals surface area contributed by atoms with Gasteiger partial charge in [-0.25, -0.2) is 9.78 Å².